The van der Waals surface area contributed by atoms with Gasteiger partial charge in [-0.15, -0.1) is 0 Å². The Morgan fingerprint density at radius 1 is 1.16 bits per heavy atom. The van der Waals surface area contributed by atoms with Gasteiger partial charge in [0.05, 0.1) is 12.5 Å². The number of carbonyl (C=O) groups is 1. The van der Waals surface area contributed by atoms with Crippen molar-refractivity contribution >= 4 is 11.6 Å². The van der Waals surface area contributed by atoms with E-state index in [-0.39, 0.29) is 18.4 Å². The number of nitrogens with zero attached hydrogens (tertiary/aromatic N) is 1. The van der Waals surface area contributed by atoms with Crippen LogP contribution in [0, 0.1) is 5.82 Å². The summed E-state index contributed by atoms with van der Waals surface area (Å²) < 4.78 is 13.2. The first-order valence-corrected chi connectivity index (χ1v) is 8.65. The van der Waals surface area contributed by atoms with Crippen molar-refractivity contribution in [1.29, 1.82) is 0 Å². The normalized spacial score (nSPS) is 16.5. The summed E-state index contributed by atoms with van der Waals surface area (Å²) in [5.41, 5.74) is 1.63. The predicted molar refractivity (Wildman–Crippen MR) is 95.8 cm³/mol. The van der Waals surface area contributed by atoms with Crippen LogP contribution in [0.1, 0.15) is 30.9 Å². The van der Waals surface area contributed by atoms with Gasteiger partial charge in [0.1, 0.15) is 5.82 Å². The molecule has 0 aliphatic carbocycles. The molecule has 25 heavy (non-hydrogen) atoms. The van der Waals surface area contributed by atoms with Crippen molar-refractivity contribution in [3.8, 4) is 0 Å². The number of anilines is 1. The SMILES string of the molecule is O=C(CC(O)c1cccc(F)c1)NC1CCN(c2ccccc2)CC1. The van der Waals surface area contributed by atoms with Crippen LogP contribution in [-0.2, 0) is 4.79 Å². The van der Waals surface area contributed by atoms with E-state index in [1.807, 2.05) is 18.2 Å². The van der Waals surface area contributed by atoms with Crippen LogP contribution in [0.25, 0.3) is 0 Å². The molecule has 132 valence electrons. The van der Waals surface area contributed by atoms with Gasteiger partial charge >= 0.3 is 0 Å². The van der Waals surface area contributed by atoms with Crippen LogP contribution in [-0.4, -0.2) is 30.1 Å². The molecule has 1 fully saturated rings. The van der Waals surface area contributed by atoms with Gasteiger partial charge in [0.15, 0.2) is 0 Å². The lowest BCUT2D eigenvalue weighted by Gasteiger charge is -2.34. The largest absolute Gasteiger partial charge is 0.388 e. The highest BCUT2D eigenvalue weighted by atomic mass is 19.1. The molecule has 0 radical (unpaired) electrons. The second kappa shape index (κ2) is 8.12. The second-order valence-corrected chi connectivity index (χ2v) is 6.44. The zero-order valence-electron chi connectivity index (χ0n) is 14.1. The van der Waals surface area contributed by atoms with Crippen LogP contribution in [0.15, 0.2) is 54.6 Å². The molecule has 0 spiro atoms. The van der Waals surface area contributed by atoms with Gasteiger partial charge in [-0.3, -0.25) is 4.79 Å². The van der Waals surface area contributed by atoms with Crippen molar-refractivity contribution in [2.45, 2.75) is 31.4 Å². The van der Waals surface area contributed by atoms with E-state index in [2.05, 4.69) is 22.3 Å². The first-order valence-electron chi connectivity index (χ1n) is 8.65. The van der Waals surface area contributed by atoms with E-state index in [0.29, 0.717) is 5.56 Å². The molecule has 2 aromatic carbocycles. The number of hydrogen-bond donors (Lipinski definition) is 2. The minimum absolute atomic E-state index is 0.0532. The molecule has 1 amide bonds. The Morgan fingerprint density at radius 3 is 2.56 bits per heavy atom. The summed E-state index contributed by atoms with van der Waals surface area (Å²) in [5.74, 6) is -0.611. The van der Waals surface area contributed by atoms with Crippen molar-refractivity contribution in [3.05, 3.63) is 66.0 Å². The number of aliphatic hydroxyl groups excluding tert-OH is 1. The average Bonchev–Trinajstić information content (AvgIpc) is 2.63. The molecule has 1 aliphatic heterocycles. The smallest absolute Gasteiger partial charge is 0.223 e. The van der Waals surface area contributed by atoms with Crippen LogP contribution in [0.3, 0.4) is 0 Å². The number of aliphatic hydroxyl groups is 1. The standard InChI is InChI=1S/C20H23FN2O2/c21-16-6-4-5-15(13-16)19(24)14-20(25)22-17-9-11-23(12-10-17)18-7-2-1-3-8-18/h1-8,13,17,19,24H,9-12,14H2,(H,22,25). The topological polar surface area (TPSA) is 52.6 Å². The summed E-state index contributed by atoms with van der Waals surface area (Å²) in [5, 5.41) is 13.1. The van der Waals surface area contributed by atoms with E-state index < -0.39 is 11.9 Å². The molecule has 4 nitrogen and oxygen atoms in total. The van der Waals surface area contributed by atoms with Crippen molar-refractivity contribution in [1.82, 2.24) is 5.32 Å². The minimum atomic E-state index is -0.986. The molecule has 1 unspecified atom stereocenters. The number of halogens is 1. The number of carbonyl (C=O) groups excluding carboxylic acids is 1. The van der Waals surface area contributed by atoms with Crippen LogP contribution in [0.2, 0.25) is 0 Å². The Hall–Kier alpha value is -2.40. The Balaban J connectivity index is 1.46. The fourth-order valence-corrected chi connectivity index (χ4v) is 3.21. The van der Waals surface area contributed by atoms with Crippen molar-refractivity contribution in [2.75, 3.05) is 18.0 Å². The van der Waals surface area contributed by atoms with Gasteiger partial charge in [-0.25, -0.2) is 4.39 Å². The summed E-state index contributed by atoms with van der Waals surface area (Å²) >= 11 is 0. The molecule has 1 atom stereocenters. The number of piperidine rings is 1. The molecule has 1 saturated heterocycles. The van der Waals surface area contributed by atoms with Gasteiger partial charge < -0.3 is 15.3 Å². The lowest BCUT2D eigenvalue weighted by Crippen LogP contribution is -2.45. The molecular weight excluding hydrogens is 319 g/mol. The lowest BCUT2D eigenvalue weighted by atomic mass is 10.0. The lowest BCUT2D eigenvalue weighted by molar-refractivity contribution is -0.123. The monoisotopic (exact) mass is 342 g/mol. The first-order chi connectivity index (χ1) is 12.1. The number of para-hydroxylation sites is 1. The quantitative estimate of drug-likeness (QED) is 0.878. The Bertz CT molecular complexity index is 700. The summed E-state index contributed by atoms with van der Waals surface area (Å²) in [4.78, 5) is 14.5. The number of hydrogen-bond acceptors (Lipinski definition) is 3. The van der Waals surface area contributed by atoms with Gasteiger partial charge in [0.2, 0.25) is 5.91 Å². The number of nitrogens with one attached hydrogen (secondary N) is 1. The molecule has 1 heterocycles. The van der Waals surface area contributed by atoms with E-state index in [1.165, 1.54) is 23.9 Å². The van der Waals surface area contributed by atoms with Crippen molar-refractivity contribution in [3.63, 3.8) is 0 Å². The molecule has 3 rings (SSSR count). The number of benzene rings is 2. The van der Waals surface area contributed by atoms with E-state index in [1.54, 1.807) is 6.07 Å². The molecular formula is C20H23FN2O2. The predicted octanol–water partition coefficient (Wildman–Crippen LogP) is 3.03. The summed E-state index contributed by atoms with van der Waals surface area (Å²) in [6, 6.07) is 16.1. The average molecular weight is 342 g/mol. The van der Waals surface area contributed by atoms with Gasteiger partial charge in [-0.05, 0) is 42.7 Å². The number of amides is 1. The third-order valence-corrected chi connectivity index (χ3v) is 4.59. The Kier molecular flexibility index (Phi) is 5.66. The number of rotatable bonds is 5. The minimum Gasteiger partial charge on any atom is -0.388 e. The molecule has 2 N–H and O–H groups in total. The maximum absolute atomic E-state index is 13.2. The van der Waals surface area contributed by atoms with Crippen LogP contribution in [0.5, 0.6) is 0 Å². The van der Waals surface area contributed by atoms with Gasteiger partial charge in [-0.2, -0.15) is 0 Å². The molecule has 0 saturated carbocycles. The van der Waals surface area contributed by atoms with Crippen LogP contribution in [0.4, 0.5) is 10.1 Å². The fraction of sp³-hybridized carbons (Fsp3) is 0.350. The summed E-state index contributed by atoms with van der Waals surface area (Å²) in [6.07, 6.45) is 0.704. The summed E-state index contributed by atoms with van der Waals surface area (Å²) in [6.45, 7) is 1.78. The zero-order valence-corrected chi connectivity index (χ0v) is 14.1. The highest BCUT2D eigenvalue weighted by molar-refractivity contribution is 5.77. The Morgan fingerprint density at radius 2 is 1.88 bits per heavy atom. The molecule has 0 bridgehead atoms. The van der Waals surface area contributed by atoms with E-state index in [0.717, 1.165) is 25.9 Å². The van der Waals surface area contributed by atoms with Crippen molar-refractivity contribution in [2.24, 2.45) is 0 Å². The molecule has 1 aliphatic rings. The Labute approximate surface area is 147 Å². The fourth-order valence-electron chi connectivity index (χ4n) is 3.21. The summed E-state index contributed by atoms with van der Waals surface area (Å²) in [7, 11) is 0. The van der Waals surface area contributed by atoms with Gasteiger partial charge in [-0.1, -0.05) is 30.3 Å². The van der Waals surface area contributed by atoms with E-state index >= 15 is 0 Å². The van der Waals surface area contributed by atoms with E-state index in [4.69, 9.17) is 0 Å². The van der Waals surface area contributed by atoms with Crippen LogP contribution >= 0.6 is 0 Å². The van der Waals surface area contributed by atoms with Gasteiger partial charge in [0, 0.05) is 24.8 Å². The molecule has 2 aromatic rings. The highest BCUT2D eigenvalue weighted by Crippen LogP contribution is 2.21. The molecule has 5 heteroatoms. The van der Waals surface area contributed by atoms with E-state index in [9.17, 15) is 14.3 Å². The highest BCUT2D eigenvalue weighted by Gasteiger charge is 2.22. The zero-order chi connectivity index (χ0) is 17.6. The van der Waals surface area contributed by atoms with Crippen molar-refractivity contribution < 1.29 is 14.3 Å². The maximum atomic E-state index is 13.2. The first kappa shape index (κ1) is 17.4. The third kappa shape index (κ3) is 4.79. The maximum Gasteiger partial charge on any atom is 0.223 e. The third-order valence-electron chi connectivity index (χ3n) is 4.59. The van der Waals surface area contributed by atoms with Gasteiger partial charge in [0.25, 0.3) is 0 Å². The van der Waals surface area contributed by atoms with Crippen LogP contribution < -0.4 is 10.2 Å². The second-order valence-electron chi connectivity index (χ2n) is 6.44. The molecule has 0 aromatic heterocycles.